The van der Waals surface area contributed by atoms with Gasteiger partial charge in [0.25, 0.3) is 0 Å². The summed E-state index contributed by atoms with van der Waals surface area (Å²) >= 11 is 0. The highest BCUT2D eigenvalue weighted by atomic mass is 19.4. The van der Waals surface area contributed by atoms with Crippen molar-refractivity contribution in [3.8, 4) is 5.75 Å². The minimum atomic E-state index is -4.15. The van der Waals surface area contributed by atoms with Gasteiger partial charge in [0.1, 0.15) is 5.75 Å². The van der Waals surface area contributed by atoms with Crippen LogP contribution in [0.15, 0.2) is 18.2 Å². The minimum Gasteiger partial charge on any atom is -0.496 e. The molecule has 1 N–H and O–H groups in total. The van der Waals surface area contributed by atoms with E-state index in [9.17, 15) is 13.2 Å². The minimum absolute atomic E-state index is 0.109. The number of hydrogen-bond donors (Lipinski definition) is 1. The normalized spacial score (nSPS) is 13.4. The van der Waals surface area contributed by atoms with E-state index in [1.807, 2.05) is 32.0 Å². The second-order valence-electron chi connectivity index (χ2n) is 4.87. The van der Waals surface area contributed by atoms with Crippen molar-refractivity contribution in [2.24, 2.45) is 5.92 Å². The molecule has 108 valence electrons. The van der Waals surface area contributed by atoms with Crippen molar-refractivity contribution < 1.29 is 17.9 Å². The van der Waals surface area contributed by atoms with Gasteiger partial charge in [0.05, 0.1) is 13.7 Å². The summed E-state index contributed by atoms with van der Waals surface area (Å²) in [5.41, 5.74) is 2.15. The van der Waals surface area contributed by atoms with Gasteiger partial charge in [0, 0.05) is 0 Å². The number of halogens is 3. The summed E-state index contributed by atoms with van der Waals surface area (Å²) in [6.45, 7) is 3.29. The molecule has 5 heteroatoms. The number of hydrogen-bond acceptors (Lipinski definition) is 2. The summed E-state index contributed by atoms with van der Waals surface area (Å²) in [4.78, 5) is 0. The largest absolute Gasteiger partial charge is 0.496 e. The molecule has 0 saturated heterocycles. The lowest BCUT2D eigenvalue weighted by molar-refractivity contribution is -0.125. The van der Waals surface area contributed by atoms with E-state index in [4.69, 9.17) is 4.74 Å². The van der Waals surface area contributed by atoms with Crippen LogP contribution in [0.5, 0.6) is 5.75 Å². The molecule has 1 unspecified atom stereocenters. The van der Waals surface area contributed by atoms with Crippen molar-refractivity contribution in [1.29, 1.82) is 0 Å². The van der Waals surface area contributed by atoms with Crippen molar-refractivity contribution in [2.75, 3.05) is 20.2 Å². The van der Waals surface area contributed by atoms with Gasteiger partial charge in [0.15, 0.2) is 0 Å². The molecule has 0 spiro atoms. The molecule has 1 aromatic carbocycles. The Balaban J connectivity index is 2.52. The Labute approximate surface area is 112 Å². The van der Waals surface area contributed by atoms with Gasteiger partial charge in [-0.3, -0.25) is 0 Å². The molecule has 0 aliphatic heterocycles. The maximum atomic E-state index is 12.0. The molecule has 0 aliphatic carbocycles. The first kappa shape index (κ1) is 15.8. The zero-order valence-corrected chi connectivity index (χ0v) is 11.5. The monoisotopic (exact) mass is 275 g/mol. The van der Waals surface area contributed by atoms with Crippen LogP contribution >= 0.6 is 0 Å². The Bertz CT molecular complexity index is 404. The molecule has 1 rings (SSSR count). The summed E-state index contributed by atoms with van der Waals surface area (Å²) < 4.78 is 41.3. The zero-order chi connectivity index (χ0) is 14.5. The number of benzene rings is 1. The number of rotatable bonds is 6. The van der Waals surface area contributed by atoms with Crippen LogP contribution in [0.1, 0.15) is 18.1 Å². The Morgan fingerprint density at radius 2 is 2.00 bits per heavy atom. The van der Waals surface area contributed by atoms with Crippen molar-refractivity contribution >= 4 is 0 Å². The predicted molar refractivity (Wildman–Crippen MR) is 69.5 cm³/mol. The van der Waals surface area contributed by atoms with Crippen LogP contribution in [0.3, 0.4) is 0 Å². The molecule has 0 radical (unpaired) electrons. The van der Waals surface area contributed by atoms with Crippen LogP contribution in [0, 0.1) is 12.8 Å². The molecule has 0 bridgehead atoms. The summed E-state index contributed by atoms with van der Waals surface area (Å²) in [6, 6.07) is 5.86. The first-order chi connectivity index (χ1) is 8.81. The van der Waals surface area contributed by atoms with Crippen molar-refractivity contribution in [3.05, 3.63) is 29.3 Å². The number of methoxy groups -OCH3 is 1. The average molecular weight is 275 g/mol. The van der Waals surface area contributed by atoms with E-state index in [0.717, 1.165) is 16.9 Å². The quantitative estimate of drug-likeness (QED) is 0.859. The topological polar surface area (TPSA) is 21.3 Å². The van der Waals surface area contributed by atoms with Crippen LogP contribution in [0.4, 0.5) is 13.2 Å². The second kappa shape index (κ2) is 6.80. The van der Waals surface area contributed by atoms with E-state index in [-0.39, 0.29) is 5.92 Å². The molecular formula is C14H20F3NO. The first-order valence-electron chi connectivity index (χ1n) is 6.23. The highest BCUT2D eigenvalue weighted by Crippen LogP contribution is 2.22. The highest BCUT2D eigenvalue weighted by molar-refractivity contribution is 5.37. The summed E-state index contributed by atoms with van der Waals surface area (Å²) in [7, 11) is 1.60. The molecule has 0 aliphatic rings. The first-order valence-corrected chi connectivity index (χ1v) is 6.23. The van der Waals surface area contributed by atoms with Crippen molar-refractivity contribution in [3.63, 3.8) is 0 Å². The van der Waals surface area contributed by atoms with Crippen LogP contribution < -0.4 is 10.1 Å². The Kier molecular flexibility index (Phi) is 5.66. The average Bonchev–Trinajstić information content (AvgIpc) is 2.27. The fourth-order valence-electron chi connectivity index (χ4n) is 1.97. The molecule has 0 saturated carbocycles. The van der Waals surface area contributed by atoms with Gasteiger partial charge in [-0.15, -0.1) is 0 Å². The second-order valence-corrected chi connectivity index (χ2v) is 4.87. The molecule has 1 aromatic rings. The summed E-state index contributed by atoms with van der Waals surface area (Å²) in [5.74, 6) is 0.895. The van der Waals surface area contributed by atoms with E-state index in [2.05, 4.69) is 5.32 Å². The summed E-state index contributed by atoms with van der Waals surface area (Å²) in [6.07, 6.45) is -3.46. The Hall–Kier alpha value is -1.23. The smallest absolute Gasteiger partial charge is 0.401 e. The molecule has 0 fully saturated rings. The Morgan fingerprint density at radius 3 is 2.58 bits per heavy atom. The lowest BCUT2D eigenvalue weighted by Gasteiger charge is -2.16. The van der Waals surface area contributed by atoms with Gasteiger partial charge in [-0.25, -0.2) is 0 Å². The van der Waals surface area contributed by atoms with Gasteiger partial charge < -0.3 is 10.1 Å². The third-order valence-electron chi connectivity index (χ3n) is 2.82. The van der Waals surface area contributed by atoms with E-state index < -0.39 is 12.7 Å². The molecule has 1 atom stereocenters. The number of ether oxygens (including phenoxy) is 1. The third-order valence-corrected chi connectivity index (χ3v) is 2.82. The van der Waals surface area contributed by atoms with Gasteiger partial charge >= 0.3 is 6.18 Å². The Morgan fingerprint density at radius 1 is 1.32 bits per heavy atom. The molecule has 0 aromatic heterocycles. The highest BCUT2D eigenvalue weighted by Gasteiger charge is 2.26. The zero-order valence-electron chi connectivity index (χ0n) is 11.5. The summed E-state index contributed by atoms with van der Waals surface area (Å²) in [5, 5.41) is 2.43. The third kappa shape index (κ3) is 5.96. The van der Waals surface area contributed by atoms with E-state index in [1.54, 1.807) is 7.11 Å². The lowest BCUT2D eigenvalue weighted by Crippen LogP contribution is -2.32. The van der Waals surface area contributed by atoms with Gasteiger partial charge in [0.2, 0.25) is 0 Å². The maximum Gasteiger partial charge on any atom is 0.401 e. The maximum absolute atomic E-state index is 12.0. The van der Waals surface area contributed by atoms with Crippen LogP contribution in [0.25, 0.3) is 0 Å². The van der Waals surface area contributed by atoms with Crippen molar-refractivity contribution in [1.82, 2.24) is 5.32 Å². The number of alkyl halides is 3. The van der Waals surface area contributed by atoms with Crippen LogP contribution in [-0.2, 0) is 6.42 Å². The molecular weight excluding hydrogens is 255 g/mol. The van der Waals surface area contributed by atoms with Gasteiger partial charge in [-0.2, -0.15) is 13.2 Å². The number of nitrogens with one attached hydrogen (secondary N) is 1. The van der Waals surface area contributed by atoms with Gasteiger partial charge in [-0.1, -0.05) is 24.6 Å². The SMILES string of the molecule is COc1ccc(C)cc1CC(C)CNCC(F)(F)F. The van der Waals surface area contributed by atoms with E-state index >= 15 is 0 Å². The lowest BCUT2D eigenvalue weighted by atomic mass is 9.99. The molecule has 0 amide bonds. The fraction of sp³-hybridized carbons (Fsp3) is 0.571. The predicted octanol–water partition coefficient (Wildman–Crippen LogP) is 3.33. The van der Waals surface area contributed by atoms with E-state index in [0.29, 0.717) is 13.0 Å². The molecule has 2 nitrogen and oxygen atoms in total. The van der Waals surface area contributed by atoms with Crippen LogP contribution in [-0.4, -0.2) is 26.4 Å². The molecule has 19 heavy (non-hydrogen) atoms. The van der Waals surface area contributed by atoms with Gasteiger partial charge in [-0.05, 0) is 37.4 Å². The number of aryl methyl sites for hydroxylation is 1. The van der Waals surface area contributed by atoms with E-state index in [1.165, 1.54) is 0 Å². The standard InChI is InChI=1S/C14H20F3NO/c1-10-4-5-13(19-3)12(6-10)7-11(2)8-18-9-14(15,16)17/h4-6,11,18H,7-9H2,1-3H3. The van der Waals surface area contributed by atoms with Crippen LogP contribution in [0.2, 0.25) is 0 Å². The molecule has 0 heterocycles. The van der Waals surface area contributed by atoms with Crippen molar-refractivity contribution in [2.45, 2.75) is 26.4 Å². The fourth-order valence-corrected chi connectivity index (χ4v) is 1.97.